The largest absolute Gasteiger partial charge is 0.343 e. The van der Waals surface area contributed by atoms with Crippen molar-refractivity contribution >= 4 is 11.8 Å². The van der Waals surface area contributed by atoms with Gasteiger partial charge in [-0.05, 0) is 24.1 Å². The molecular formula is C13H15FN2O2. The van der Waals surface area contributed by atoms with Crippen molar-refractivity contribution in [3.63, 3.8) is 0 Å². The van der Waals surface area contributed by atoms with Gasteiger partial charge in [0.15, 0.2) is 0 Å². The smallest absolute Gasteiger partial charge is 0.245 e. The lowest BCUT2D eigenvalue weighted by atomic mass is 10.1. The summed E-state index contributed by atoms with van der Waals surface area (Å²) in [6.07, 6.45) is 0.560. The summed E-state index contributed by atoms with van der Waals surface area (Å²) in [5.74, 6) is -0.618. The van der Waals surface area contributed by atoms with Crippen molar-refractivity contribution in [2.24, 2.45) is 0 Å². The average molecular weight is 250 g/mol. The van der Waals surface area contributed by atoms with Crippen LogP contribution >= 0.6 is 0 Å². The summed E-state index contributed by atoms with van der Waals surface area (Å²) in [4.78, 5) is 24.9. The predicted octanol–water partition coefficient (Wildman–Crippen LogP) is 1.06. The van der Waals surface area contributed by atoms with Crippen molar-refractivity contribution in [1.29, 1.82) is 0 Å². The zero-order chi connectivity index (χ0) is 13.1. The number of hydrogen-bond acceptors (Lipinski definition) is 2. The first-order valence-corrected chi connectivity index (χ1v) is 5.92. The van der Waals surface area contributed by atoms with Gasteiger partial charge in [-0.25, -0.2) is 4.39 Å². The number of nitrogens with zero attached hydrogens (tertiary/aromatic N) is 1. The number of nitrogens with one attached hydrogen (secondary N) is 1. The summed E-state index contributed by atoms with van der Waals surface area (Å²) >= 11 is 0. The lowest BCUT2D eigenvalue weighted by molar-refractivity contribution is -0.144. The monoisotopic (exact) mass is 250 g/mol. The van der Waals surface area contributed by atoms with Gasteiger partial charge in [-0.2, -0.15) is 0 Å². The third kappa shape index (κ3) is 2.67. The van der Waals surface area contributed by atoms with E-state index >= 15 is 0 Å². The highest BCUT2D eigenvalue weighted by atomic mass is 19.1. The minimum Gasteiger partial charge on any atom is -0.343 e. The highest BCUT2D eigenvalue weighted by Crippen LogP contribution is 2.12. The Hall–Kier alpha value is -1.91. The average Bonchev–Trinajstić information content (AvgIpc) is 2.33. The van der Waals surface area contributed by atoms with Gasteiger partial charge in [0.2, 0.25) is 11.8 Å². The number of carbonyl (C=O) groups is 2. The maximum Gasteiger partial charge on any atom is 0.245 e. The Kier molecular flexibility index (Phi) is 3.60. The van der Waals surface area contributed by atoms with Crippen molar-refractivity contribution in [1.82, 2.24) is 10.2 Å². The van der Waals surface area contributed by atoms with E-state index < -0.39 is 6.04 Å². The minimum atomic E-state index is -0.459. The molecule has 1 unspecified atom stereocenters. The molecule has 18 heavy (non-hydrogen) atoms. The third-order valence-corrected chi connectivity index (χ3v) is 2.95. The Morgan fingerprint density at radius 1 is 1.44 bits per heavy atom. The first-order valence-electron chi connectivity index (χ1n) is 5.92. The van der Waals surface area contributed by atoms with Crippen LogP contribution in [-0.4, -0.2) is 29.3 Å². The Morgan fingerprint density at radius 3 is 2.89 bits per heavy atom. The van der Waals surface area contributed by atoms with Crippen molar-refractivity contribution < 1.29 is 14.0 Å². The molecule has 0 aromatic heterocycles. The fourth-order valence-corrected chi connectivity index (χ4v) is 2.04. The fraction of sp³-hybridized carbons (Fsp3) is 0.385. The van der Waals surface area contributed by atoms with Crippen LogP contribution in [0, 0.1) is 5.82 Å². The molecule has 0 saturated carbocycles. The van der Waals surface area contributed by atoms with Gasteiger partial charge in [-0.3, -0.25) is 9.59 Å². The summed E-state index contributed by atoms with van der Waals surface area (Å²) in [5.41, 5.74) is 0.688. The molecule has 1 fully saturated rings. The molecule has 1 N–H and O–H groups in total. The molecular weight excluding hydrogens is 235 g/mol. The van der Waals surface area contributed by atoms with Crippen LogP contribution in [0.15, 0.2) is 24.3 Å². The first-order chi connectivity index (χ1) is 8.60. The molecule has 1 heterocycles. The van der Waals surface area contributed by atoms with Crippen molar-refractivity contribution in [2.75, 3.05) is 6.54 Å². The number of carbonyl (C=O) groups excluding carboxylic acids is 2. The van der Waals surface area contributed by atoms with Gasteiger partial charge < -0.3 is 10.2 Å². The van der Waals surface area contributed by atoms with Gasteiger partial charge in [0.25, 0.3) is 0 Å². The van der Waals surface area contributed by atoms with Gasteiger partial charge in [0.1, 0.15) is 11.9 Å². The van der Waals surface area contributed by atoms with Crippen LogP contribution in [0.3, 0.4) is 0 Å². The van der Waals surface area contributed by atoms with E-state index in [1.54, 1.807) is 12.1 Å². The number of hydrogen-bond donors (Lipinski definition) is 1. The number of amides is 2. The summed E-state index contributed by atoms with van der Waals surface area (Å²) in [6.45, 7) is 2.14. The molecule has 1 saturated heterocycles. The summed E-state index contributed by atoms with van der Waals surface area (Å²) < 4.78 is 13.1. The van der Waals surface area contributed by atoms with E-state index in [0.29, 0.717) is 12.0 Å². The molecule has 1 aliphatic heterocycles. The molecule has 2 amide bonds. The summed E-state index contributed by atoms with van der Waals surface area (Å²) in [6, 6.07) is 5.60. The van der Waals surface area contributed by atoms with Crippen LogP contribution in [0.4, 0.5) is 4.39 Å². The SMILES string of the molecule is CCC1NC(=O)CN(Cc2cccc(F)c2)C1=O. The molecule has 1 aromatic carbocycles. The van der Waals surface area contributed by atoms with Crippen LogP contribution in [0.1, 0.15) is 18.9 Å². The van der Waals surface area contributed by atoms with Gasteiger partial charge in [0, 0.05) is 6.54 Å². The molecule has 4 nitrogen and oxygen atoms in total. The number of benzene rings is 1. The minimum absolute atomic E-state index is 0.0336. The molecule has 0 radical (unpaired) electrons. The van der Waals surface area contributed by atoms with E-state index in [1.165, 1.54) is 17.0 Å². The van der Waals surface area contributed by atoms with Gasteiger partial charge in [-0.1, -0.05) is 19.1 Å². The quantitative estimate of drug-likeness (QED) is 0.872. The van der Waals surface area contributed by atoms with Crippen molar-refractivity contribution in [2.45, 2.75) is 25.9 Å². The van der Waals surface area contributed by atoms with Crippen LogP contribution in [0.25, 0.3) is 0 Å². The molecule has 5 heteroatoms. The van der Waals surface area contributed by atoms with Gasteiger partial charge in [0.05, 0.1) is 6.54 Å². The lowest BCUT2D eigenvalue weighted by Gasteiger charge is -2.32. The molecule has 96 valence electrons. The Balaban J connectivity index is 2.12. The standard InChI is InChI=1S/C13H15FN2O2/c1-2-11-13(18)16(8-12(17)15-11)7-9-4-3-5-10(14)6-9/h3-6,11H,2,7-8H2,1H3,(H,15,17). The molecule has 2 rings (SSSR count). The second-order valence-corrected chi connectivity index (χ2v) is 4.35. The van der Waals surface area contributed by atoms with Crippen LogP contribution in [-0.2, 0) is 16.1 Å². The van der Waals surface area contributed by atoms with Crippen molar-refractivity contribution in [3.05, 3.63) is 35.6 Å². The van der Waals surface area contributed by atoms with E-state index in [1.807, 2.05) is 6.92 Å². The maximum absolute atomic E-state index is 13.1. The van der Waals surface area contributed by atoms with Gasteiger partial charge >= 0.3 is 0 Å². The normalized spacial score (nSPS) is 19.9. The zero-order valence-electron chi connectivity index (χ0n) is 10.1. The highest BCUT2D eigenvalue weighted by Gasteiger charge is 2.31. The summed E-state index contributed by atoms with van der Waals surface area (Å²) in [7, 11) is 0. The first kappa shape index (κ1) is 12.5. The Labute approximate surface area is 105 Å². The van der Waals surface area contributed by atoms with E-state index in [9.17, 15) is 14.0 Å². The molecule has 0 spiro atoms. The van der Waals surface area contributed by atoms with E-state index in [2.05, 4.69) is 5.32 Å². The molecule has 1 atom stereocenters. The second kappa shape index (κ2) is 5.16. The number of halogens is 1. The molecule has 0 bridgehead atoms. The number of rotatable bonds is 3. The van der Waals surface area contributed by atoms with Crippen LogP contribution in [0.5, 0.6) is 0 Å². The topological polar surface area (TPSA) is 49.4 Å². The number of piperazine rings is 1. The van der Waals surface area contributed by atoms with Crippen LogP contribution in [0.2, 0.25) is 0 Å². The maximum atomic E-state index is 13.1. The van der Waals surface area contributed by atoms with E-state index in [-0.39, 0.29) is 30.7 Å². The summed E-state index contributed by atoms with van der Waals surface area (Å²) in [5, 5.41) is 2.64. The second-order valence-electron chi connectivity index (χ2n) is 4.35. The Morgan fingerprint density at radius 2 is 2.22 bits per heavy atom. The molecule has 1 aromatic rings. The Bertz CT molecular complexity index is 476. The molecule has 1 aliphatic rings. The third-order valence-electron chi connectivity index (χ3n) is 2.95. The predicted molar refractivity (Wildman–Crippen MR) is 64.0 cm³/mol. The van der Waals surface area contributed by atoms with E-state index in [0.717, 1.165) is 0 Å². The van der Waals surface area contributed by atoms with Gasteiger partial charge in [-0.15, -0.1) is 0 Å². The zero-order valence-corrected chi connectivity index (χ0v) is 10.1. The molecule has 0 aliphatic carbocycles. The highest BCUT2D eigenvalue weighted by molar-refractivity contribution is 5.94. The van der Waals surface area contributed by atoms with E-state index in [4.69, 9.17) is 0 Å². The van der Waals surface area contributed by atoms with Crippen molar-refractivity contribution in [3.8, 4) is 0 Å². The van der Waals surface area contributed by atoms with Crippen LogP contribution < -0.4 is 5.32 Å². The fourth-order valence-electron chi connectivity index (χ4n) is 2.04. The lowest BCUT2D eigenvalue weighted by Crippen LogP contribution is -2.57.